The topological polar surface area (TPSA) is 29.1 Å². The molecule has 0 amide bonds. The molecule has 12 heavy (non-hydrogen) atoms. The van der Waals surface area contributed by atoms with Crippen LogP contribution in [0.15, 0.2) is 0 Å². The zero-order valence-corrected chi connectivity index (χ0v) is 8.66. The zero-order chi connectivity index (χ0) is 8.81. The van der Waals surface area contributed by atoms with Crippen molar-refractivity contribution in [3.8, 4) is 0 Å². The van der Waals surface area contributed by atoms with Crippen molar-refractivity contribution < 1.29 is 4.21 Å². The lowest BCUT2D eigenvalue weighted by Gasteiger charge is -2.01. The number of hydrogen-bond donors (Lipinski definition) is 1. The summed E-state index contributed by atoms with van der Waals surface area (Å²) in [5.74, 6) is 1.76. The minimum absolute atomic E-state index is 0.554. The summed E-state index contributed by atoms with van der Waals surface area (Å²) in [6, 6.07) is 0.796. The molecule has 1 fully saturated rings. The molecule has 1 N–H and O–H groups in total. The third-order valence-electron chi connectivity index (χ3n) is 1.99. The molecule has 3 heteroatoms. The van der Waals surface area contributed by atoms with Crippen molar-refractivity contribution in [2.75, 3.05) is 18.1 Å². The second-order valence-corrected chi connectivity index (χ2v) is 5.13. The van der Waals surface area contributed by atoms with Gasteiger partial charge in [-0.15, -0.1) is 0 Å². The van der Waals surface area contributed by atoms with E-state index in [0.717, 1.165) is 36.9 Å². The van der Waals surface area contributed by atoms with E-state index < -0.39 is 10.8 Å². The highest BCUT2D eigenvalue weighted by atomic mass is 32.2. The molecule has 1 aliphatic rings. The maximum Gasteiger partial charge on any atom is 0.0246 e. The Bertz CT molecular complexity index is 145. The van der Waals surface area contributed by atoms with E-state index in [0.29, 0.717) is 0 Å². The molecule has 72 valence electrons. The zero-order valence-electron chi connectivity index (χ0n) is 7.84. The maximum atomic E-state index is 11.2. The lowest BCUT2D eigenvalue weighted by atomic mass is 10.5. The van der Waals surface area contributed by atoms with Gasteiger partial charge >= 0.3 is 0 Å². The average molecular weight is 189 g/mol. The van der Waals surface area contributed by atoms with Crippen LogP contribution in [0.25, 0.3) is 0 Å². The van der Waals surface area contributed by atoms with Crippen LogP contribution < -0.4 is 5.32 Å². The van der Waals surface area contributed by atoms with Crippen molar-refractivity contribution in [1.29, 1.82) is 0 Å². The summed E-state index contributed by atoms with van der Waals surface area (Å²) < 4.78 is 11.2. The molecule has 0 heterocycles. The van der Waals surface area contributed by atoms with E-state index in [2.05, 4.69) is 12.2 Å². The molecule has 0 bridgehead atoms. The fourth-order valence-electron chi connectivity index (χ4n) is 1.16. The molecule has 1 aliphatic carbocycles. The minimum Gasteiger partial charge on any atom is -0.314 e. The molecule has 0 saturated heterocycles. The first-order valence-corrected chi connectivity index (χ1v) is 6.40. The molecule has 1 rings (SSSR count). The maximum absolute atomic E-state index is 11.2. The molecule has 2 nitrogen and oxygen atoms in total. The molecular formula is C9H19NOS. The van der Waals surface area contributed by atoms with Gasteiger partial charge in [0.15, 0.2) is 0 Å². The molecule has 0 aliphatic heterocycles. The van der Waals surface area contributed by atoms with Crippen LogP contribution in [0, 0.1) is 0 Å². The van der Waals surface area contributed by atoms with Gasteiger partial charge < -0.3 is 5.32 Å². The Morgan fingerprint density at radius 3 is 2.75 bits per heavy atom. The van der Waals surface area contributed by atoms with Crippen LogP contribution in [0.4, 0.5) is 0 Å². The molecule has 0 aromatic heterocycles. The first-order chi connectivity index (χ1) is 5.83. The van der Waals surface area contributed by atoms with Crippen LogP contribution in [0.2, 0.25) is 0 Å². The molecule has 0 aromatic carbocycles. The van der Waals surface area contributed by atoms with Crippen molar-refractivity contribution in [2.45, 2.75) is 38.6 Å². The van der Waals surface area contributed by atoms with Gasteiger partial charge in [0.25, 0.3) is 0 Å². The molecule has 0 spiro atoms. The van der Waals surface area contributed by atoms with Crippen LogP contribution in [0.1, 0.15) is 32.6 Å². The molecule has 1 atom stereocenters. The van der Waals surface area contributed by atoms with Crippen molar-refractivity contribution in [3.63, 3.8) is 0 Å². The van der Waals surface area contributed by atoms with Crippen LogP contribution >= 0.6 is 0 Å². The Morgan fingerprint density at radius 2 is 2.17 bits per heavy atom. The van der Waals surface area contributed by atoms with Gasteiger partial charge in [0.1, 0.15) is 0 Å². The van der Waals surface area contributed by atoms with Crippen molar-refractivity contribution >= 4 is 10.8 Å². The number of hydrogen-bond acceptors (Lipinski definition) is 2. The van der Waals surface area contributed by atoms with Crippen molar-refractivity contribution in [1.82, 2.24) is 5.32 Å². The summed E-state index contributed by atoms with van der Waals surface area (Å²) in [6.45, 7) is 3.14. The lowest BCUT2D eigenvalue weighted by molar-refractivity contribution is 0.656. The Balaban J connectivity index is 1.83. The highest BCUT2D eigenvalue weighted by Crippen LogP contribution is 2.18. The van der Waals surface area contributed by atoms with Gasteiger partial charge in [-0.25, -0.2) is 0 Å². The third kappa shape index (κ3) is 4.88. The van der Waals surface area contributed by atoms with E-state index in [1.54, 1.807) is 0 Å². The van der Waals surface area contributed by atoms with Gasteiger partial charge in [0.2, 0.25) is 0 Å². The highest BCUT2D eigenvalue weighted by molar-refractivity contribution is 7.84. The highest BCUT2D eigenvalue weighted by Gasteiger charge is 2.19. The fourth-order valence-corrected chi connectivity index (χ4v) is 2.28. The van der Waals surface area contributed by atoms with Gasteiger partial charge in [-0.2, -0.15) is 0 Å². The first kappa shape index (κ1) is 10.2. The predicted molar refractivity (Wildman–Crippen MR) is 53.8 cm³/mol. The normalized spacial score (nSPS) is 19.4. The number of nitrogens with one attached hydrogen (secondary N) is 1. The van der Waals surface area contributed by atoms with E-state index >= 15 is 0 Å². The molecule has 0 aromatic rings. The Labute approximate surface area is 77.6 Å². The Kier molecular flexibility index (Phi) is 4.84. The summed E-state index contributed by atoms with van der Waals surface area (Å²) in [4.78, 5) is 0. The van der Waals surface area contributed by atoms with Crippen molar-refractivity contribution in [2.24, 2.45) is 0 Å². The quantitative estimate of drug-likeness (QED) is 0.611. The van der Waals surface area contributed by atoms with E-state index in [-0.39, 0.29) is 0 Å². The van der Waals surface area contributed by atoms with Crippen LogP contribution in [0.3, 0.4) is 0 Å². The second-order valence-electron chi connectivity index (χ2n) is 3.43. The van der Waals surface area contributed by atoms with Crippen LogP contribution in [0.5, 0.6) is 0 Å². The molecular weight excluding hydrogens is 170 g/mol. The minimum atomic E-state index is -0.554. The predicted octanol–water partition coefficient (Wildman–Crippen LogP) is 1.29. The van der Waals surface area contributed by atoms with Crippen LogP contribution in [-0.4, -0.2) is 28.3 Å². The van der Waals surface area contributed by atoms with Gasteiger partial charge in [0.05, 0.1) is 0 Å². The molecule has 1 unspecified atom stereocenters. The van der Waals surface area contributed by atoms with E-state index in [9.17, 15) is 4.21 Å². The molecule has 1 saturated carbocycles. The van der Waals surface area contributed by atoms with E-state index in [1.165, 1.54) is 12.8 Å². The van der Waals surface area contributed by atoms with Gasteiger partial charge in [-0.1, -0.05) is 6.92 Å². The fraction of sp³-hybridized carbons (Fsp3) is 1.00. The number of rotatable bonds is 7. The van der Waals surface area contributed by atoms with Gasteiger partial charge in [-0.3, -0.25) is 4.21 Å². The van der Waals surface area contributed by atoms with Gasteiger partial charge in [-0.05, 0) is 32.2 Å². The SMILES string of the molecule is CCCS(=O)CCCNC1CC1. The smallest absolute Gasteiger partial charge is 0.0246 e. The summed E-state index contributed by atoms with van der Waals surface area (Å²) in [6.07, 6.45) is 4.81. The van der Waals surface area contributed by atoms with Crippen molar-refractivity contribution in [3.05, 3.63) is 0 Å². The summed E-state index contributed by atoms with van der Waals surface area (Å²) in [5, 5.41) is 3.42. The van der Waals surface area contributed by atoms with E-state index in [4.69, 9.17) is 0 Å². The van der Waals surface area contributed by atoms with Gasteiger partial charge in [0, 0.05) is 28.3 Å². The summed E-state index contributed by atoms with van der Waals surface area (Å²) in [7, 11) is -0.554. The van der Waals surface area contributed by atoms with Crippen LogP contribution in [-0.2, 0) is 10.8 Å². The Hall–Kier alpha value is 0.110. The Morgan fingerprint density at radius 1 is 1.42 bits per heavy atom. The lowest BCUT2D eigenvalue weighted by Crippen LogP contribution is -2.19. The molecule has 0 radical (unpaired) electrons. The monoisotopic (exact) mass is 189 g/mol. The largest absolute Gasteiger partial charge is 0.314 e. The van der Waals surface area contributed by atoms with E-state index in [1.807, 2.05) is 0 Å². The average Bonchev–Trinajstić information content (AvgIpc) is 2.82. The third-order valence-corrected chi connectivity index (χ3v) is 3.60. The first-order valence-electron chi connectivity index (χ1n) is 4.91. The summed E-state index contributed by atoms with van der Waals surface area (Å²) in [5.41, 5.74) is 0. The standard InChI is InChI=1S/C9H19NOS/c1-2-7-12(11)8-3-6-10-9-4-5-9/h9-10H,2-8H2,1H3. The summed E-state index contributed by atoms with van der Waals surface area (Å²) >= 11 is 0. The second kappa shape index (κ2) is 5.70.